The van der Waals surface area contributed by atoms with Crippen LogP contribution in [0.1, 0.15) is 65.2 Å². The predicted molar refractivity (Wildman–Crippen MR) is 90.7 cm³/mol. The molecule has 3 nitrogen and oxygen atoms in total. The molecule has 0 aromatic heterocycles. The van der Waals surface area contributed by atoms with Gasteiger partial charge >= 0.3 is 5.97 Å². The smallest absolute Gasteiger partial charge is 0.312 e. The molecule has 0 bridgehead atoms. The lowest BCUT2D eigenvalue weighted by atomic mass is 9.63. The van der Waals surface area contributed by atoms with Crippen molar-refractivity contribution in [2.75, 3.05) is 26.2 Å². The Kier molecular flexibility index (Phi) is 6.94. The van der Waals surface area contributed by atoms with Crippen molar-refractivity contribution in [3.05, 3.63) is 12.2 Å². The van der Waals surface area contributed by atoms with E-state index in [4.69, 9.17) is 4.74 Å². The van der Waals surface area contributed by atoms with E-state index >= 15 is 0 Å². The zero-order valence-corrected chi connectivity index (χ0v) is 14.5. The summed E-state index contributed by atoms with van der Waals surface area (Å²) >= 11 is 0. The summed E-state index contributed by atoms with van der Waals surface area (Å²) in [6.07, 6.45) is 13.7. The fraction of sp³-hybridized carbons (Fsp3) is 0.842. The minimum Gasteiger partial charge on any atom is -0.464 e. The molecule has 126 valence electrons. The second-order valence-corrected chi connectivity index (χ2v) is 6.87. The van der Waals surface area contributed by atoms with E-state index in [1.165, 1.54) is 32.1 Å². The highest BCUT2D eigenvalue weighted by Gasteiger charge is 2.46. The summed E-state index contributed by atoms with van der Waals surface area (Å²) in [4.78, 5) is 15.2. The Morgan fingerprint density at radius 2 is 1.91 bits per heavy atom. The standard InChI is InChI=1S/C19H33NO2/c1-3-20(4-2)15-16-22-18(21)19(13-9-6-10-14-19)17-11-7-5-8-12-17/h6,9,17H,3-5,7-8,10-16H2,1-2H3/t19-/m0/s1. The van der Waals surface area contributed by atoms with Crippen molar-refractivity contribution >= 4 is 5.97 Å². The summed E-state index contributed by atoms with van der Waals surface area (Å²) in [5.41, 5.74) is -0.224. The largest absolute Gasteiger partial charge is 0.464 e. The molecule has 0 amide bonds. The predicted octanol–water partition coefficient (Wildman–Crippen LogP) is 4.18. The molecule has 0 unspecified atom stereocenters. The van der Waals surface area contributed by atoms with Crippen molar-refractivity contribution in [2.24, 2.45) is 11.3 Å². The zero-order chi connectivity index (χ0) is 15.8. The van der Waals surface area contributed by atoms with Gasteiger partial charge in [-0.15, -0.1) is 0 Å². The first-order valence-electron chi connectivity index (χ1n) is 9.27. The zero-order valence-electron chi connectivity index (χ0n) is 14.5. The van der Waals surface area contributed by atoms with E-state index in [-0.39, 0.29) is 11.4 Å². The Morgan fingerprint density at radius 3 is 2.50 bits per heavy atom. The van der Waals surface area contributed by atoms with Crippen molar-refractivity contribution < 1.29 is 9.53 Å². The van der Waals surface area contributed by atoms with Crippen molar-refractivity contribution in [3.8, 4) is 0 Å². The van der Waals surface area contributed by atoms with Crippen LogP contribution < -0.4 is 0 Å². The van der Waals surface area contributed by atoms with E-state index < -0.39 is 0 Å². The van der Waals surface area contributed by atoms with Gasteiger partial charge in [0.1, 0.15) is 6.61 Å². The van der Waals surface area contributed by atoms with Crippen molar-refractivity contribution in [1.29, 1.82) is 0 Å². The van der Waals surface area contributed by atoms with Gasteiger partial charge in [0.15, 0.2) is 0 Å². The normalized spacial score (nSPS) is 26.3. The Balaban J connectivity index is 1.96. The number of ether oxygens (including phenoxy) is 1. The van der Waals surface area contributed by atoms with Gasteiger partial charge in [-0.05, 0) is 51.1 Å². The van der Waals surface area contributed by atoms with Gasteiger partial charge in [0.2, 0.25) is 0 Å². The molecule has 0 radical (unpaired) electrons. The third kappa shape index (κ3) is 4.13. The average Bonchev–Trinajstić information content (AvgIpc) is 2.60. The van der Waals surface area contributed by atoms with Crippen LogP contribution >= 0.6 is 0 Å². The van der Waals surface area contributed by atoms with Crippen LogP contribution in [0.5, 0.6) is 0 Å². The van der Waals surface area contributed by atoms with Crippen LogP contribution in [0.15, 0.2) is 12.2 Å². The number of esters is 1. The number of likely N-dealkylation sites (N-methyl/N-ethyl adjacent to an activating group) is 1. The summed E-state index contributed by atoms with van der Waals surface area (Å²) in [6, 6.07) is 0. The highest BCUT2D eigenvalue weighted by molar-refractivity contribution is 5.77. The second kappa shape index (κ2) is 8.71. The van der Waals surface area contributed by atoms with E-state index in [2.05, 4.69) is 30.9 Å². The van der Waals surface area contributed by atoms with Crippen molar-refractivity contribution in [3.63, 3.8) is 0 Å². The number of carbonyl (C=O) groups excluding carboxylic acids is 1. The van der Waals surface area contributed by atoms with E-state index in [0.717, 1.165) is 38.9 Å². The maximum Gasteiger partial charge on any atom is 0.312 e. The molecule has 2 rings (SSSR count). The molecule has 3 heteroatoms. The van der Waals surface area contributed by atoms with E-state index in [9.17, 15) is 4.79 Å². The van der Waals surface area contributed by atoms with Gasteiger partial charge in [-0.3, -0.25) is 4.79 Å². The van der Waals surface area contributed by atoms with E-state index in [0.29, 0.717) is 12.5 Å². The molecule has 1 saturated carbocycles. The molecule has 2 aliphatic rings. The first kappa shape index (κ1) is 17.5. The number of hydrogen-bond donors (Lipinski definition) is 0. The maximum absolute atomic E-state index is 12.9. The van der Waals surface area contributed by atoms with Gasteiger partial charge in [0.25, 0.3) is 0 Å². The number of carbonyl (C=O) groups is 1. The van der Waals surface area contributed by atoms with Gasteiger partial charge < -0.3 is 9.64 Å². The lowest BCUT2D eigenvalue weighted by Gasteiger charge is -2.41. The van der Waals surface area contributed by atoms with Crippen LogP contribution in [0.3, 0.4) is 0 Å². The van der Waals surface area contributed by atoms with Crippen molar-refractivity contribution in [1.82, 2.24) is 4.90 Å². The molecule has 1 atom stereocenters. The summed E-state index contributed by atoms with van der Waals surface area (Å²) in [5.74, 6) is 0.614. The highest BCUT2D eigenvalue weighted by atomic mass is 16.5. The van der Waals surface area contributed by atoms with Gasteiger partial charge in [0.05, 0.1) is 5.41 Å². The average molecular weight is 307 g/mol. The third-order valence-corrected chi connectivity index (χ3v) is 5.73. The maximum atomic E-state index is 12.9. The molecular formula is C19H33NO2. The molecule has 0 aliphatic heterocycles. The molecule has 2 aliphatic carbocycles. The van der Waals surface area contributed by atoms with Gasteiger partial charge in [0, 0.05) is 6.54 Å². The quantitative estimate of drug-likeness (QED) is 0.522. The van der Waals surface area contributed by atoms with Crippen LogP contribution in [-0.4, -0.2) is 37.1 Å². The van der Waals surface area contributed by atoms with Crippen LogP contribution in [0.25, 0.3) is 0 Å². The lowest BCUT2D eigenvalue weighted by molar-refractivity contribution is -0.162. The van der Waals surface area contributed by atoms with Crippen LogP contribution in [0.2, 0.25) is 0 Å². The van der Waals surface area contributed by atoms with Crippen LogP contribution in [0, 0.1) is 11.3 Å². The molecule has 22 heavy (non-hydrogen) atoms. The lowest BCUT2D eigenvalue weighted by Crippen LogP contribution is -2.42. The Hall–Kier alpha value is -0.830. The fourth-order valence-corrected chi connectivity index (χ4v) is 4.18. The minimum absolute atomic E-state index is 0.0795. The van der Waals surface area contributed by atoms with Gasteiger partial charge in [-0.1, -0.05) is 45.3 Å². The van der Waals surface area contributed by atoms with E-state index in [1.54, 1.807) is 0 Å². The molecule has 0 spiro atoms. The molecule has 0 N–H and O–H groups in total. The van der Waals surface area contributed by atoms with Crippen molar-refractivity contribution in [2.45, 2.75) is 65.2 Å². The fourth-order valence-electron chi connectivity index (χ4n) is 4.18. The van der Waals surface area contributed by atoms with E-state index in [1.807, 2.05) is 0 Å². The molecule has 0 heterocycles. The number of allylic oxidation sites excluding steroid dienone is 2. The number of rotatable bonds is 7. The number of nitrogens with zero attached hydrogens (tertiary/aromatic N) is 1. The summed E-state index contributed by atoms with van der Waals surface area (Å²) in [5, 5.41) is 0. The second-order valence-electron chi connectivity index (χ2n) is 6.87. The van der Waals surface area contributed by atoms with Gasteiger partial charge in [-0.2, -0.15) is 0 Å². The Morgan fingerprint density at radius 1 is 1.18 bits per heavy atom. The third-order valence-electron chi connectivity index (χ3n) is 5.73. The Labute approximate surface area is 136 Å². The molecule has 0 saturated heterocycles. The SMILES string of the molecule is CCN(CC)CCOC(=O)[C@@]1(C2CCCCC2)CC=CCC1. The summed E-state index contributed by atoms with van der Waals surface area (Å²) < 4.78 is 5.76. The number of hydrogen-bond acceptors (Lipinski definition) is 3. The first-order chi connectivity index (χ1) is 10.7. The monoisotopic (exact) mass is 307 g/mol. The van der Waals surface area contributed by atoms with Crippen LogP contribution in [-0.2, 0) is 9.53 Å². The first-order valence-corrected chi connectivity index (χ1v) is 9.27. The highest BCUT2D eigenvalue weighted by Crippen LogP contribution is 2.47. The minimum atomic E-state index is -0.224. The summed E-state index contributed by atoms with van der Waals surface area (Å²) in [7, 11) is 0. The molecule has 1 fully saturated rings. The topological polar surface area (TPSA) is 29.5 Å². The molecule has 0 aromatic carbocycles. The van der Waals surface area contributed by atoms with Gasteiger partial charge in [-0.25, -0.2) is 0 Å². The molecule has 0 aromatic rings. The summed E-state index contributed by atoms with van der Waals surface area (Å²) in [6.45, 7) is 7.74. The Bertz CT molecular complexity index is 370. The van der Waals surface area contributed by atoms with Crippen LogP contribution in [0.4, 0.5) is 0 Å². The molecular weight excluding hydrogens is 274 g/mol.